The highest BCUT2D eigenvalue weighted by Gasteiger charge is 2.36. The number of carbonyl (C=O) groups excluding carboxylic acids is 2. The lowest BCUT2D eigenvalue weighted by atomic mass is 9.98. The molecule has 1 aliphatic heterocycles. The number of benzene rings is 2. The molecule has 0 bridgehead atoms. The number of methoxy groups -OCH3 is 1. The second-order valence-corrected chi connectivity index (χ2v) is 8.36. The van der Waals surface area contributed by atoms with E-state index in [-0.39, 0.29) is 19.1 Å². The topological polar surface area (TPSA) is 105 Å². The van der Waals surface area contributed by atoms with Crippen LogP contribution in [-0.4, -0.2) is 66.9 Å². The minimum absolute atomic E-state index is 0.0775. The smallest absolute Gasteiger partial charge is 0.407 e. The molecular formula is C25H28N2O6. The van der Waals surface area contributed by atoms with Gasteiger partial charge in [-0.25, -0.2) is 9.59 Å². The van der Waals surface area contributed by atoms with Gasteiger partial charge in [0.25, 0.3) is 0 Å². The van der Waals surface area contributed by atoms with Gasteiger partial charge in [-0.05, 0) is 41.5 Å². The Kier molecular flexibility index (Phi) is 6.93. The second-order valence-electron chi connectivity index (χ2n) is 8.36. The number of nitrogens with one attached hydrogen (secondary N) is 1. The maximum Gasteiger partial charge on any atom is 0.407 e. The van der Waals surface area contributed by atoms with Crippen molar-refractivity contribution in [2.24, 2.45) is 0 Å². The Bertz CT molecular complexity index is 994. The Morgan fingerprint density at radius 1 is 1.06 bits per heavy atom. The van der Waals surface area contributed by atoms with Crippen molar-refractivity contribution in [1.82, 2.24) is 10.2 Å². The molecule has 0 aromatic heterocycles. The molecule has 2 aromatic carbocycles. The number of rotatable bonds is 7. The first kappa shape index (κ1) is 22.8. The number of fused-ring (bicyclic) bond motifs is 3. The molecule has 174 valence electrons. The summed E-state index contributed by atoms with van der Waals surface area (Å²) >= 11 is 0. The van der Waals surface area contributed by atoms with Crippen LogP contribution in [0.3, 0.4) is 0 Å². The van der Waals surface area contributed by atoms with Crippen LogP contribution in [0.15, 0.2) is 48.5 Å². The number of hydrogen-bond donors (Lipinski definition) is 2. The number of aliphatic carboxylic acids is 1. The maximum atomic E-state index is 13.0. The predicted molar refractivity (Wildman–Crippen MR) is 121 cm³/mol. The monoisotopic (exact) mass is 452 g/mol. The molecule has 8 heteroatoms. The van der Waals surface area contributed by atoms with Crippen LogP contribution in [-0.2, 0) is 19.1 Å². The minimum atomic E-state index is -1.04. The molecule has 1 aliphatic carbocycles. The van der Waals surface area contributed by atoms with Gasteiger partial charge >= 0.3 is 12.1 Å². The van der Waals surface area contributed by atoms with E-state index < -0.39 is 30.1 Å². The summed E-state index contributed by atoms with van der Waals surface area (Å²) in [5, 5.41) is 12.1. The van der Waals surface area contributed by atoms with Crippen molar-refractivity contribution in [3.63, 3.8) is 0 Å². The van der Waals surface area contributed by atoms with Gasteiger partial charge in [0, 0.05) is 19.6 Å². The van der Waals surface area contributed by atoms with Gasteiger partial charge in [-0.3, -0.25) is 4.79 Å². The lowest BCUT2D eigenvalue weighted by Crippen LogP contribution is -2.56. The van der Waals surface area contributed by atoms with Crippen LogP contribution in [0.4, 0.5) is 4.79 Å². The SMILES string of the molecule is COCC(NC(=O)OCC1c2ccccc2-c2ccccc21)C(=O)N1CCCCC1C(=O)O. The fourth-order valence-electron chi connectivity index (χ4n) is 4.78. The fourth-order valence-corrected chi connectivity index (χ4v) is 4.78. The number of amides is 2. The van der Waals surface area contributed by atoms with E-state index in [1.807, 2.05) is 36.4 Å². The van der Waals surface area contributed by atoms with E-state index in [9.17, 15) is 19.5 Å². The van der Waals surface area contributed by atoms with E-state index >= 15 is 0 Å². The zero-order valence-electron chi connectivity index (χ0n) is 18.5. The number of carboxylic acid groups (broad SMARTS) is 1. The Hall–Kier alpha value is -3.39. The maximum absolute atomic E-state index is 13.0. The van der Waals surface area contributed by atoms with Crippen molar-refractivity contribution >= 4 is 18.0 Å². The number of piperidine rings is 1. The zero-order valence-corrected chi connectivity index (χ0v) is 18.5. The molecule has 2 N–H and O–H groups in total. The third kappa shape index (κ3) is 4.71. The standard InChI is InChI=1S/C25H28N2O6/c1-32-15-21(23(28)27-13-7-6-12-22(27)24(29)30)26-25(31)33-14-20-18-10-4-2-8-16(18)17-9-3-5-11-19(17)20/h2-5,8-11,20-22H,6-7,12-15H2,1H3,(H,26,31)(H,29,30). The molecule has 0 saturated carbocycles. The summed E-state index contributed by atoms with van der Waals surface area (Å²) in [5.41, 5.74) is 4.43. The molecule has 1 fully saturated rings. The van der Waals surface area contributed by atoms with Crippen LogP contribution in [0, 0.1) is 0 Å². The molecule has 0 spiro atoms. The lowest BCUT2D eigenvalue weighted by Gasteiger charge is -2.35. The van der Waals surface area contributed by atoms with Crippen molar-refractivity contribution in [2.45, 2.75) is 37.3 Å². The molecular weight excluding hydrogens is 424 g/mol. The number of likely N-dealkylation sites (tertiary alicyclic amines) is 1. The zero-order chi connectivity index (χ0) is 23.4. The normalized spacial score (nSPS) is 18.2. The third-order valence-electron chi connectivity index (χ3n) is 6.34. The average molecular weight is 453 g/mol. The summed E-state index contributed by atoms with van der Waals surface area (Å²) in [6, 6.07) is 14.1. The molecule has 2 aromatic rings. The summed E-state index contributed by atoms with van der Waals surface area (Å²) in [4.78, 5) is 38.6. The van der Waals surface area contributed by atoms with Crippen LogP contribution in [0.1, 0.15) is 36.3 Å². The van der Waals surface area contributed by atoms with Crippen molar-refractivity contribution in [2.75, 3.05) is 26.9 Å². The summed E-state index contributed by atoms with van der Waals surface area (Å²) in [5.74, 6) is -1.61. The first-order chi connectivity index (χ1) is 16.0. The van der Waals surface area contributed by atoms with Gasteiger partial charge in [0.2, 0.25) is 5.91 Å². The molecule has 2 unspecified atom stereocenters. The van der Waals surface area contributed by atoms with Crippen LogP contribution in [0.5, 0.6) is 0 Å². The lowest BCUT2D eigenvalue weighted by molar-refractivity contribution is -0.153. The van der Waals surface area contributed by atoms with Gasteiger partial charge in [0.1, 0.15) is 18.7 Å². The Labute approximate surface area is 192 Å². The fraction of sp³-hybridized carbons (Fsp3) is 0.400. The third-order valence-corrected chi connectivity index (χ3v) is 6.34. The van der Waals surface area contributed by atoms with E-state index in [0.717, 1.165) is 35.1 Å². The Morgan fingerprint density at radius 2 is 1.70 bits per heavy atom. The average Bonchev–Trinajstić information content (AvgIpc) is 3.15. The highest BCUT2D eigenvalue weighted by atomic mass is 16.5. The summed E-state index contributed by atoms with van der Waals surface area (Å²) in [7, 11) is 1.42. The Morgan fingerprint density at radius 3 is 2.30 bits per heavy atom. The van der Waals surface area contributed by atoms with Crippen LogP contribution < -0.4 is 5.32 Å². The van der Waals surface area contributed by atoms with Crippen LogP contribution in [0.2, 0.25) is 0 Å². The molecule has 2 atom stereocenters. The number of carbonyl (C=O) groups is 3. The molecule has 0 radical (unpaired) electrons. The van der Waals surface area contributed by atoms with Crippen LogP contribution >= 0.6 is 0 Å². The summed E-state index contributed by atoms with van der Waals surface area (Å²) in [6.07, 6.45) is 1.12. The highest BCUT2D eigenvalue weighted by molar-refractivity contribution is 5.89. The summed E-state index contributed by atoms with van der Waals surface area (Å²) in [6.45, 7) is 0.378. The number of ether oxygens (including phenoxy) is 2. The van der Waals surface area contributed by atoms with Gasteiger partial charge in [-0.2, -0.15) is 0 Å². The van der Waals surface area contributed by atoms with Gasteiger partial charge < -0.3 is 24.8 Å². The van der Waals surface area contributed by atoms with Gasteiger partial charge in [0.05, 0.1) is 6.61 Å². The van der Waals surface area contributed by atoms with Crippen LogP contribution in [0.25, 0.3) is 11.1 Å². The second kappa shape index (κ2) is 10.0. The number of hydrogen-bond acceptors (Lipinski definition) is 5. The van der Waals surface area contributed by atoms with E-state index in [2.05, 4.69) is 17.4 Å². The van der Waals surface area contributed by atoms with Crippen molar-refractivity contribution in [3.8, 4) is 11.1 Å². The summed E-state index contributed by atoms with van der Waals surface area (Å²) < 4.78 is 10.7. The van der Waals surface area contributed by atoms with Gasteiger partial charge in [-0.15, -0.1) is 0 Å². The molecule has 1 heterocycles. The van der Waals surface area contributed by atoms with E-state index in [1.54, 1.807) is 0 Å². The van der Waals surface area contributed by atoms with Gasteiger partial charge in [0.15, 0.2) is 0 Å². The largest absolute Gasteiger partial charge is 0.480 e. The van der Waals surface area contributed by atoms with E-state index in [0.29, 0.717) is 13.0 Å². The minimum Gasteiger partial charge on any atom is -0.480 e. The molecule has 2 aliphatic rings. The molecule has 1 saturated heterocycles. The Balaban J connectivity index is 1.43. The molecule has 8 nitrogen and oxygen atoms in total. The first-order valence-electron chi connectivity index (χ1n) is 11.1. The number of nitrogens with zero attached hydrogens (tertiary/aromatic N) is 1. The van der Waals surface area contributed by atoms with E-state index in [1.165, 1.54) is 12.0 Å². The molecule has 2 amide bonds. The number of carboxylic acids is 1. The van der Waals surface area contributed by atoms with Crippen molar-refractivity contribution in [1.29, 1.82) is 0 Å². The number of alkyl carbamates (subject to hydrolysis) is 1. The first-order valence-corrected chi connectivity index (χ1v) is 11.1. The quantitative estimate of drug-likeness (QED) is 0.669. The van der Waals surface area contributed by atoms with Crippen molar-refractivity contribution in [3.05, 3.63) is 59.7 Å². The predicted octanol–water partition coefficient (Wildman–Crippen LogP) is 3.01. The highest BCUT2D eigenvalue weighted by Crippen LogP contribution is 2.44. The van der Waals surface area contributed by atoms with E-state index in [4.69, 9.17) is 9.47 Å². The molecule has 33 heavy (non-hydrogen) atoms. The molecule has 4 rings (SSSR count). The van der Waals surface area contributed by atoms with Gasteiger partial charge in [-0.1, -0.05) is 48.5 Å². The van der Waals surface area contributed by atoms with Crippen molar-refractivity contribution < 1.29 is 29.0 Å².